The van der Waals surface area contributed by atoms with Gasteiger partial charge in [-0.25, -0.2) is 0 Å². The number of anilines is 1. The number of benzene rings is 1. The average molecular weight is 255 g/mol. The van der Waals surface area contributed by atoms with Gasteiger partial charge in [-0.15, -0.1) is 0 Å². The molecule has 98 valence electrons. The highest BCUT2D eigenvalue weighted by Crippen LogP contribution is 2.18. The van der Waals surface area contributed by atoms with E-state index in [0.717, 1.165) is 25.5 Å². The zero-order valence-electron chi connectivity index (χ0n) is 10.9. The number of aromatic nitrogens is 1. The minimum absolute atomic E-state index is 0.628. The van der Waals surface area contributed by atoms with Crippen molar-refractivity contribution < 1.29 is 4.74 Å². The van der Waals surface area contributed by atoms with Gasteiger partial charge >= 0.3 is 0 Å². The van der Waals surface area contributed by atoms with Crippen LogP contribution in [0.25, 0.3) is 0 Å². The van der Waals surface area contributed by atoms with Gasteiger partial charge in [0.15, 0.2) is 0 Å². The van der Waals surface area contributed by atoms with E-state index >= 15 is 0 Å². The van der Waals surface area contributed by atoms with E-state index in [2.05, 4.69) is 33.8 Å². The number of methoxy groups -OCH3 is 1. The molecule has 2 aromatic rings. The van der Waals surface area contributed by atoms with E-state index in [1.54, 1.807) is 7.11 Å². The normalized spacial score (nSPS) is 13.1. The first kappa shape index (κ1) is 12.0. The smallest absolute Gasteiger partial charge is 0.214 e. The van der Waals surface area contributed by atoms with Crippen molar-refractivity contribution in [3.8, 4) is 5.88 Å². The molecule has 1 aromatic carbocycles. The van der Waals surface area contributed by atoms with E-state index in [9.17, 15) is 0 Å². The molecule has 4 heteroatoms. The van der Waals surface area contributed by atoms with Crippen LogP contribution >= 0.6 is 0 Å². The first-order valence-electron chi connectivity index (χ1n) is 6.41. The Balaban J connectivity index is 1.68. The highest BCUT2D eigenvalue weighted by Gasteiger charge is 2.09. The van der Waals surface area contributed by atoms with Gasteiger partial charge in [-0.3, -0.25) is 0 Å². The second-order valence-electron chi connectivity index (χ2n) is 4.63. The Labute approximate surface area is 112 Å². The third kappa shape index (κ3) is 2.69. The molecule has 0 bridgehead atoms. The summed E-state index contributed by atoms with van der Waals surface area (Å²) >= 11 is 0. The molecule has 0 fully saturated rings. The van der Waals surface area contributed by atoms with Crippen molar-refractivity contribution in [3.63, 3.8) is 0 Å². The van der Waals surface area contributed by atoms with E-state index in [4.69, 9.17) is 4.74 Å². The van der Waals surface area contributed by atoms with E-state index in [-0.39, 0.29) is 0 Å². The Morgan fingerprint density at radius 1 is 1.21 bits per heavy atom. The number of pyridine rings is 1. The number of nitrogens with zero attached hydrogens (tertiary/aromatic N) is 1. The van der Waals surface area contributed by atoms with Crippen molar-refractivity contribution in [1.82, 2.24) is 10.3 Å². The van der Waals surface area contributed by atoms with E-state index < -0.39 is 0 Å². The summed E-state index contributed by atoms with van der Waals surface area (Å²) < 4.78 is 5.11. The van der Waals surface area contributed by atoms with Gasteiger partial charge < -0.3 is 15.4 Å². The molecule has 0 saturated carbocycles. The van der Waals surface area contributed by atoms with Gasteiger partial charge in [0.05, 0.1) is 7.11 Å². The summed E-state index contributed by atoms with van der Waals surface area (Å²) in [5.74, 6) is 1.46. The van der Waals surface area contributed by atoms with E-state index in [1.165, 1.54) is 16.7 Å². The predicted molar refractivity (Wildman–Crippen MR) is 75.1 cm³/mol. The average Bonchev–Trinajstić information content (AvgIpc) is 2.93. The lowest BCUT2D eigenvalue weighted by atomic mass is 10.1. The second kappa shape index (κ2) is 5.28. The summed E-state index contributed by atoms with van der Waals surface area (Å²) in [6.07, 6.45) is 0. The summed E-state index contributed by atoms with van der Waals surface area (Å²) in [5, 5.41) is 6.67. The zero-order chi connectivity index (χ0) is 13.1. The van der Waals surface area contributed by atoms with Gasteiger partial charge in [0.2, 0.25) is 5.88 Å². The molecule has 0 atom stereocenters. The van der Waals surface area contributed by atoms with Crippen molar-refractivity contribution in [2.75, 3.05) is 12.4 Å². The van der Waals surface area contributed by atoms with E-state index in [1.807, 2.05) is 18.2 Å². The van der Waals surface area contributed by atoms with Crippen LogP contribution in [0.15, 0.2) is 36.4 Å². The van der Waals surface area contributed by atoms with Gasteiger partial charge in [-0.2, -0.15) is 4.98 Å². The number of rotatable bonds is 4. The molecular weight excluding hydrogens is 238 g/mol. The Kier molecular flexibility index (Phi) is 3.33. The third-order valence-corrected chi connectivity index (χ3v) is 3.31. The summed E-state index contributed by atoms with van der Waals surface area (Å²) in [4.78, 5) is 4.33. The summed E-state index contributed by atoms with van der Waals surface area (Å²) in [6.45, 7) is 2.73. The first-order chi connectivity index (χ1) is 9.35. The van der Waals surface area contributed by atoms with Crippen molar-refractivity contribution in [2.24, 2.45) is 0 Å². The lowest BCUT2D eigenvalue weighted by Gasteiger charge is -2.08. The molecule has 3 rings (SSSR count). The Hall–Kier alpha value is -2.07. The fraction of sp³-hybridized carbons (Fsp3) is 0.267. The van der Waals surface area contributed by atoms with Crippen molar-refractivity contribution in [3.05, 3.63) is 53.1 Å². The Bertz CT molecular complexity index is 583. The molecule has 0 saturated heterocycles. The fourth-order valence-corrected chi connectivity index (χ4v) is 2.28. The standard InChI is InChI=1S/C15H17N3O/c1-19-15-4-2-3-14(18-15)17-8-11-5-6-12-9-16-10-13(12)7-11/h2-7,16H,8-10H2,1H3,(H,17,18). The monoisotopic (exact) mass is 255 g/mol. The maximum absolute atomic E-state index is 5.11. The van der Waals surface area contributed by atoms with Crippen LogP contribution in [0.4, 0.5) is 5.82 Å². The number of hydrogen-bond acceptors (Lipinski definition) is 4. The zero-order valence-corrected chi connectivity index (χ0v) is 10.9. The van der Waals surface area contributed by atoms with Crippen molar-refractivity contribution in [2.45, 2.75) is 19.6 Å². The maximum atomic E-state index is 5.11. The summed E-state index contributed by atoms with van der Waals surface area (Å²) in [5.41, 5.74) is 4.08. The van der Waals surface area contributed by atoms with Crippen LogP contribution in [0.1, 0.15) is 16.7 Å². The molecule has 1 aromatic heterocycles. The van der Waals surface area contributed by atoms with Crippen molar-refractivity contribution in [1.29, 1.82) is 0 Å². The molecule has 0 spiro atoms. The molecule has 1 aliphatic heterocycles. The van der Waals surface area contributed by atoms with Crippen LogP contribution in [0, 0.1) is 0 Å². The minimum Gasteiger partial charge on any atom is -0.481 e. The highest BCUT2D eigenvalue weighted by atomic mass is 16.5. The lowest BCUT2D eigenvalue weighted by Crippen LogP contribution is -2.02. The SMILES string of the molecule is COc1cccc(NCc2ccc3c(c2)CNC3)n1. The number of nitrogens with one attached hydrogen (secondary N) is 2. The summed E-state index contributed by atoms with van der Waals surface area (Å²) in [6, 6.07) is 12.3. The van der Waals surface area contributed by atoms with Gasteiger partial charge in [0.1, 0.15) is 5.82 Å². The van der Waals surface area contributed by atoms with Crippen LogP contribution in [0.5, 0.6) is 5.88 Å². The molecule has 19 heavy (non-hydrogen) atoms. The highest BCUT2D eigenvalue weighted by molar-refractivity contribution is 5.40. The molecule has 0 aliphatic carbocycles. The van der Waals surface area contributed by atoms with Gasteiger partial charge in [-0.05, 0) is 22.8 Å². The number of fused-ring (bicyclic) bond motifs is 1. The topological polar surface area (TPSA) is 46.2 Å². The van der Waals surface area contributed by atoms with Gasteiger partial charge in [-0.1, -0.05) is 24.3 Å². The van der Waals surface area contributed by atoms with E-state index in [0.29, 0.717) is 5.88 Å². The number of ether oxygens (including phenoxy) is 1. The molecular formula is C15H17N3O. The van der Waals surface area contributed by atoms with Gasteiger partial charge in [0.25, 0.3) is 0 Å². The lowest BCUT2D eigenvalue weighted by molar-refractivity contribution is 0.398. The number of hydrogen-bond donors (Lipinski definition) is 2. The largest absolute Gasteiger partial charge is 0.481 e. The van der Waals surface area contributed by atoms with Crippen LogP contribution in [0.3, 0.4) is 0 Å². The molecule has 0 radical (unpaired) electrons. The van der Waals surface area contributed by atoms with Crippen LogP contribution < -0.4 is 15.4 Å². The summed E-state index contributed by atoms with van der Waals surface area (Å²) in [7, 11) is 1.62. The maximum Gasteiger partial charge on any atom is 0.214 e. The first-order valence-corrected chi connectivity index (χ1v) is 6.41. The Morgan fingerprint density at radius 3 is 3.00 bits per heavy atom. The van der Waals surface area contributed by atoms with Gasteiger partial charge in [0, 0.05) is 25.7 Å². The van der Waals surface area contributed by atoms with Crippen LogP contribution in [-0.4, -0.2) is 12.1 Å². The third-order valence-electron chi connectivity index (χ3n) is 3.31. The molecule has 1 aliphatic rings. The fourth-order valence-electron chi connectivity index (χ4n) is 2.28. The molecule has 0 unspecified atom stereocenters. The minimum atomic E-state index is 0.628. The van der Waals surface area contributed by atoms with Crippen molar-refractivity contribution >= 4 is 5.82 Å². The molecule has 4 nitrogen and oxygen atoms in total. The second-order valence-corrected chi connectivity index (χ2v) is 4.63. The molecule has 2 heterocycles. The van der Waals surface area contributed by atoms with Crippen LogP contribution in [-0.2, 0) is 19.6 Å². The quantitative estimate of drug-likeness (QED) is 0.880. The molecule has 0 amide bonds. The predicted octanol–water partition coefficient (Wildman–Crippen LogP) is 2.31. The molecule has 2 N–H and O–H groups in total. The Morgan fingerprint density at radius 2 is 2.11 bits per heavy atom. The van der Waals surface area contributed by atoms with Crippen LogP contribution in [0.2, 0.25) is 0 Å².